The Hall–Kier alpha value is -2.60. The SMILES string of the molecule is Cc1cccc(CC(=NC#N)N2CCc3ccccc32)c1. The lowest BCUT2D eigenvalue weighted by molar-refractivity contribution is 1.00. The average Bonchev–Trinajstić information content (AvgIpc) is 2.91. The largest absolute Gasteiger partial charge is 0.328 e. The highest BCUT2D eigenvalue weighted by atomic mass is 15.2. The van der Waals surface area contributed by atoms with Crippen LogP contribution in [0.2, 0.25) is 0 Å². The lowest BCUT2D eigenvalue weighted by atomic mass is 10.1. The third-order valence-electron chi connectivity index (χ3n) is 3.82. The van der Waals surface area contributed by atoms with Crippen LogP contribution in [0.1, 0.15) is 16.7 Å². The lowest BCUT2D eigenvalue weighted by Crippen LogP contribution is -2.30. The molecule has 0 saturated carbocycles. The molecule has 1 aliphatic rings. The first-order valence-corrected chi connectivity index (χ1v) is 7.14. The maximum atomic E-state index is 9.01. The second-order valence-electron chi connectivity index (χ2n) is 5.32. The van der Waals surface area contributed by atoms with Crippen LogP contribution in [0, 0.1) is 18.4 Å². The van der Waals surface area contributed by atoms with E-state index in [1.54, 1.807) is 0 Å². The summed E-state index contributed by atoms with van der Waals surface area (Å²) in [5.74, 6) is 0.827. The summed E-state index contributed by atoms with van der Waals surface area (Å²) in [6.45, 7) is 2.97. The third-order valence-corrected chi connectivity index (χ3v) is 3.82. The van der Waals surface area contributed by atoms with E-state index >= 15 is 0 Å². The molecule has 0 atom stereocenters. The Morgan fingerprint density at radius 1 is 1.24 bits per heavy atom. The van der Waals surface area contributed by atoms with E-state index in [4.69, 9.17) is 5.26 Å². The Morgan fingerprint density at radius 3 is 2.90 bits per heavy atom. The summed E-state index contributed by atoms with van der Waals surface area (Å²) in [5, 5.41) is 9.01. The van der Waals surface area contributed by atoms with Crippen LogP contribution in [-0.4, -0.2) is 12.4 Å². The summed E-state index contributed by atoms with van der Waals surface area (Å²) in [7, 11) is 0. The van der Waals surface area contributed by atoms with Gasteiger partial charge in [-0.2, -0.15) is 10.3 Å². The van der Waals surface area contributed by atoms with Crippen molar-refractivity contribution < 1.29 is 0 Å². The maximum absolute atomic E-state index is 9.01. The lowest BCUT2D eigenvalue weighted by Gasteiger charge is -2.20. The topological polar surface area (TPSA) is 39.4 Å². The minimum Gasteiger partial charge on any atom is -0.328 e. The number of aliphatic imine (C=N–C) groups is 1. The van der Waals surface area contributed by atoms with E-state index in [1.807, 2.05) is 18.3 Å². The van der Waals surface area contributed by atoms with Gasteiger partial charge in [-0.05, 0) is 30.5 Å². The van der Waals surface area contributed by atoms with Gasteiger partial charge in [0.2, 0.25) is 6.19 Å². The minimum atomic E-state index is 0.684. The molecule has 0 saturated heterocycles. The fourth-order valence-electron chi connectivity index (χ4n) is 2.86. The van der Waals surface area contributed by atoms with E-state index in [1.165, 1.54) is 22.4 Å². The van der Waals surface area contributed by atoms with Gasteiger partial charge in [-0.1, -0.05) is 48.0 Å². The van der Waals surface area contributed by atoms with Crippen LogP contribution in [0.5, 0.6) is 0 Å². The number of fused-ring (bicyclic) bond motifs is 1. The van der Waals surface area contributed by atoms with Gasteiger partial charge in [0.25, 0.3) is 0 Å². The van der Waals surface area contributed by atoms with Crippen LogP contribution in [0.4, 0.5) is 5.69 Å². The molecule has 2 aromatic rings. The van der Waals surface area contributed by atoms with Crippen molar-refractivity contribution in [2.24, 2.45) is 4.99 Å². The molecule has 0 N–H and O–H groups in total. The molecule has 0 bridgehead atoms. The molecule has 2 aromatic carbocycles. The van der Waals surface area contributed by atoms with E-state index in [0.717, 1.165) is 18.8 Å². The van der Waals surface area contributed by atoms with Crippen molar-refractivity contribution in [2.75, 3.05) is 11.4 Å². The zero-order valence-corrected chi connectivity index (χ0v) is 12.1. The predicted molar refractivity (Wildman–Crippen MR) is 85.4 cm³/mol. The second-order valence-corrected chi connectivity index (χ2v) is 5.32. The Morgan fingerprint density at radius 2 is 2.10 bits per heavy atom. The first kappa shape index (κ1) is 13.4. The summed E-state index contributed by atoms with van der Waals surface area (Å²) in [5.41, 5.74) is 4.92. The van der Waals surface area contributed by atoms with Crippen LogP contribution >= 0.6 is 0 Å². The number of benzene rings is 2. The summed E-state index contributed by atoms with van der Waals surface area (Å²) < 4.78 is 0. The number of para-hydroxylation sites is 1. The van der Waals surface area contributed by atoms with Crippen molar-refractivity contribution in [3.8, 4) is 6.19 Å². The number of aryl methyl sites for hydroxylation is 1. The maximum Gasteiger partial charge on any atom is 0.207 e. The summed E-state index contributed by atoms with van der Waals surface area (Å²) >= 11 is 0. The molecular weight excluding hydrogens is 258 g/mol. The van der Waals surface area contributed by atoms with Crippen LogP contribution in [-0.2, 0) is 12.8 Å². The molecule has 3 nitrogen and oxygen atoms in total. The summed E-state index contributed by atoms with van der Waals surface area (Å²) in [6, 6.07) is 16.7. The number of nitriles is 1. The van der Waals surface area contributed by atoms with Gasteiger partial charge in [0.05, 0.1) is 0 Å². The van der Waals surface area contributed by atoms with Gasteiger partial charge in [0.1, 0.15) is 5.84 Å². The van der Waals surface area contributed by atoms with E-state index < -0.39 is 0 Å². The first-order valence-electron chi connectivity index (χ1n) is 7.14. The highest BCUT2D eigenvalue weighted by Gasteiger charge is 2.22. The van der Waals surface area contributed by atoms with Crippen LogP contribution in [0.25, 0.3) is 0 Å². The standard InChI is InChI=1S/C18H17N3/c1-14-5-4-6-15(11-14)12-18(20-13-19)21-10-9-16-7-2-3-8-17(16)21/h2-8,11H,9-10,12H2,1H3. The Bertz CT molecular complexity index is 725. The van der Waals surface area contributed by atoms with Crippen molar-refractivity contribution >= 4 is 11.5 Å². The van der Waals surface area contributed by atoms with Crippen molar-refractivity contribution in [3.63, 3.8) is 0 Å². The van der Waals surface area contributed by atoms with Gasteiger partial charge in [-0.25, -0.2) is 0 Å². The molecule has 3 rings (SSSR count). The van der Waals surface area contributed by atoms with Crippen molar-refractivity contribution in [1.29, 1.82) is 5.26 Å². The van der Waals surface area contributed by atoms with E-state index in [2.05, 4.69) is 53.2 Å². The van der Waals surface area contributed by atoms with Gasteiger partial charge in [-0.3, -0.25) is 0 Å². The molecule has 3 heteroatoms. The molecule has 0 aromatic heterocycles. The number of anilines is 1. The third kappa shape index (κ3) is 2.80. The van der Waals surface area contributed by atoms with Gasteiger partial charge < -0.3 is 4.90 Å². The monoisotopic (exact) mass is 275 g/mol. The summed E-state index contributed by atoms with van der Waals surface area (Å²) in [6.07, 6.45) is 3.65. The fraction of sp³-hybridized carbons (Fsp3) is 0.222. The fourth-order valence-corrected chi connectivity index (χ4v) is 2.86. The van der Waals surface area contributed by atoms with Gasteiger partial charge >= 0.3 is 0 Å². The number of hydrogen-bond donors (Lipinski definition) is 0. The van der Waals surface area contributed by atoms with E-state index in [9.17, 15) is 0 Å². The molecule has 0 spiro atoms. The molecule has 1 heterocycles. The van der Waals surface area contributed by atoms with Crippen molar-refractivity contribution in [1.82, 2.24) is 0 Å². The first-order chi connectivity index (χ1) is 10.3. The zero-order valence-electron chi connectivity index (χ0n) is 12.1. The Labute approximate surface area is 125 Å². The van der Waals surface area contributed by atoms with Crippen LogP contribution < -0.4 is 4.90 Å². The molecule has 21 heavy (non-hydrogen) atoms. The van der Waals surface area contributed by atoms with Crippen molar-refractivity contribution in [3.05, 3.63) is 65.2 Å². The quantitative estimate of drug-likeness (QED) is 0.478. The predicted octanol–water partition coefficient (Wildman–Crippen LogP) is 3.48. The Balaban J connectivity index is 1.91. The number of nitrogens with zero attached hydrogens (tertiary/aromatic N) is 3. The summed E-state index contributed by atoms with van der Waals surface area (Å²) in [4.78, 5) is 6.25. The molecule has 0 fully saturated rings. The second kappa shape index (κ2) is 5.80. The van der Waals surface area contributed by atoms with Gasteiger partial charge in [0, 0.05) is 18.7 Å². The van der Waals surface area contributed by atoms with Crippen LogP contribution in [0.3, 0.4) is 0 Å². The number of amidine groups is 1. The minimum absolute atomic E-state index is 0.684. The van der Waals surface area contributed by atoms with Gasteiger partial charge in [-0.15, -0.1) is 0 Å². The Kier molecular flexibility index (Phi) is 3.70. The van der Waals surface area contributed by atoms with E-state index in [-0.39, 0.29) is 0 Å². The molecule has 104 valence electrons. The molecule has 0 radical (unpaired) electrons. The molecule has 0 amide bonds. The highest BCUT2D eigenvalue weighted by Crippen LogP contribution is 2.28. The molecular formula is C18H17N3. The van der Waals surface area contributed by atoms with Gasteiger partial charge in [0.15, 0.2) is 0 Å². The number of hydrogen-bond acceptors (Lipinski definition) is 2. The van der Waals surface area contributed by atoms with Crippen molar-refractivity contribution in [2.45, 2.75) is 19.8 Å². The highest BCUT2D eigenvalue weighted by molar-refractivity contribution is 6.01. The molecule has 0 unspecified atom stereocenters. The van der Waals surface area contributed by atoms with E-state index in [0.29, 0.717) is 6.42 Å². The van der Waals surface area contributed by atoms with Crippen LogP contribution in [0.15, 0.2) is 53.5 Å². The average molecular weight is 275 g/mol. The molecule has 1 aliphatic heterocycles. The number of rotatable bonds is 2. The smallest absolute Gasteiger partial charge is 0.207 e. The normalized spacial score (nSPS) is 13.9. The zero-order chi connectivity index (χ0) is 14.7. The molecule has 0 aliphatic carbocycles.